The number of carbonyl (C=O) groups is 2. The number of anilines is 2. The number of imidazole rings is 1. The lowest BCUT2D eigenvalue weighted by Gasteiger charge is -2.39. The van der Waals surface area contributed by atoms with E-state index in [1.807, 2.05) is 24.3 Å². The quantitative estimate of drug-likeness (QED) is 0.256. The van der Waals surface area contributed by atoms with Crippen molar-refractivity contribution in [3.05, 3.63) is 83.0 Å². The van der Waals surface area contributed by atoms with Crippen LogP contribution in [-0.2, 0) is 36.3 Å². The Labute approximate surface area is 258 Å². The SMILES string of the molecule is COC(=O)C[C@@H]1CCN1S(=O)(=O)c1cnc2n1[C@](C)(Cc1ccc(-c3cncnc3)cc1)C(=O)N2c1cc(Cl)cc(Cl)c1. The standard InChI is InChI=1S/C29H26Cl2N6O5S/c1-29(13-18-3-5-19(6-4-18)20-14-32-17-33-15-20)27(39)36(24-10-21(30)9-22(31)11-24)28-34-16-25(37(28)29)43(40,41)35-8-7-23(35)12-26(38)42-2/h3-6,9-11,14-17,23H,7-8,12-13H2,1-2H3/t23-,29+/m0/s1. The summed E-state index contributed by atoms with van der Waals surface area (Å²) in [5.74, 6) is -0.786. The Bertz CT molecular complexity index is 1810. The fourth-order valence-corrected chi connectivity index (χ4v) is 7.98. The number of rotatable bonds is 8. The minimum Gasteiger partial charge on any atom is -0.469 e. The number of halogens is 2. The van der Waals surface area contributed by atoms with Crippen LogP contribution in [0.2, 0.25) is 10.0 Å². The van der Waals surface area contributed by atoms with Crippen LogP contribution in [0.25, 0.3) is 11.1 Å². The van der Waals surface area contributed by atoms with Gasteiger partial charge in [-0.05, 0) is 42.7 Å². The number of sulfonamides is 1. The van der Waals surface area contributed by atoms with Gasteiger partial charge in [0.05, 0.1) is 25.4 Å². The van der Waals surface area contributed by atoms with Crippen molar-refractivity contribution in [2.45, 2.75) is 42.8 Å². The molecule has 2 aliphatic rings. The summed E-state index contributed by atoms with van der Waals surface area (Å²) < 4.78 is 35.6. The van der Waals surface area contributed by atoms with Gasteiger partial charge in [-0.15, -0.1) is 0 Å². The van der Waals surface area contributed by atoms with Gasteiger partial charge in [-0.2, -0.15) is 4.31 Å². The van der Waals surface area contributed by atoms with Crippen molar-refractivity contribution < 1.29 is 22.7 Å². The first-order valence-corrected chi connectivity index (χ1v) is 15.5. The highest BCUT2D eigenvalue weighted by Gasteiger charge is 2.53. The van der Waals surface area contributed by atoms with Gasteiger partial charge in [-0.3, -0.25) is 14.2 Å². The third-order valence-electron chi connectivity index (χ3n) is 7.86. The molecule has 0 N–H and O–H groups in total. The van der Waals surface area contributed by atoms with Crippen molar-refractivity contribution in [3.63, 3.8) is 0 Å². The molecule has 1 fully saturated rings. The van der Waals surface area contributed by atoms with Crippen LogP contribution in [0.1, 0.15) is 25.3 Å². The van der Waals surface area contributed by atoms with Crippen molar-refractivity contribution in [3.8, 4) is 11.1 Å². The third kappa shape index (κ3) is 5.07. The second kappa shape index (κ2) is 11.0. The molecule has 0 radical (unpaired) electrons. The molecule has 222 valence electrons. The first-order chi connectivity index (χ1) is 20.5. The number of carbonyl (C=O) groups excluding carboxylic acids is 2. The maximum absolute atomic E-state index is 14.3. The minimum atomic E-state index is -4.16. The van der Waals surface area contributed by atoms with E-state index < -0.39 is 33.5 Å². The van der Waals surface area contributed by atoms with Crippen LogP contribution in [-0.4, -0.2) is 63.8 Å². The van der Waals surface area contributed by atoms with Crippen molar-refractivity contribution in [2.24, 2.45) is 0 Å². The lowest BCUT2D eigenvalue weighted by molar-refractivity contribution is -0.142. The number of aromatic nitrogens is 4. The summed E-state index contributed by atoms with van der Waals surface area (Å²) in [5.41, 5.74) is 1.47. The molecular weight excluding hydrogens is 615 g/mol. The summed E-state index contributed by atoms with van der Waals surface area (Å²) in [6.07, 6.45) is 6.71. The predicted molar refractivity (Wildman–Crippen MR) is 160 cm³/mol. The number of benzene rings is 2. The summed E-state index contributed by atoms with van der Waals surface area (Å²) in [7, 11) is -2.90. The van der Waals surface area contributed by atoms with Gasteiger partial charge in [0.15, 0.2) is 5.03 Å². The summed E-state index contributed by atoms with van der Waals surface area (Å²) in [5, 5.41) is 0.463. The van der Waals surface area contributed by atoms with E-state index >= 15 is 0 Å². The number of fused-ring (bicyclic) bond motifs is 1. The molecule has 2 atom stereocenters. The molecule has 1 amide bonds. The van der Waals surface area contributed by atoms with Crippen LogP contribution in [0.4, 0.5) is 11.6 Å². The fraction of sp³-hybridized carbons (Fsp3) is 0.276. The molecule has 43 heavy (non-hydrogen) atoms. The van der Waals surface area contributed by atoms with Crippen LogP contribution in [0.5, 0.6) is 0 Å². The lowest BCUT2D eigenvalue weighted by Crippen LogP contribution is -2.52. The molecule has 11 nitrogen and oxygen atoms in total. The highest BCUT2D eigenvalue weighted by Crippen LogP contribution is 2.45. The number of hydrogen-bond acceptors (Lipinski definition) is 8. The van der Waals surface area contributed by atoms with Gasteiger partial charge in [0.25, 0.3) is 15.9 Å². The Morgan fingerprint density at radius 2 is 1.72 bits per heavy atom. The van der Waals surface area contributed by atoms with Crippen molar-refractivity contribution in [1.29, 1.82) is 0 Å². The summed E-state index contributed by atoms with van der Waals surface area (Å²) in [6.45, 7) is 1.92. The van der Waals surface area contributed by atoms with E-state index in [0.717, 1.165) is 16.7 Å². The Kier molecular flexibility index (Phi) is 7.49. The zero-order valence-electron chi connectivity index (χ0n) is 23.1. The van der Waals surface area contributed by atoms with E-state index in [2.05, 4.69) is 15.0 Å². The van der Waals surface area contributed by atoms with Gasteiger partial charge < -0.3 is 4.74 Å². The van der Waals surface area contributed by atoms with Gasteiger partial charge in [-0.25, -0.2) is 28.3 Å². The summed E-state index contributed by atoms with van der Waals surface area (Å²) in [6, 6.07) is 11.7. The number of nitrogens with zero attached hydrogens (tertiary/aromatic N) is 6. The topological polar surface area (TPSA) is 128 Å². The molecule has 4 heterocycles. The van der Waals surface area contributed by atoms with E-state index in [9.17, 15) is 18.0 Å². The van der Waals surface area contributed by atoms with Crippen LogP contribution in [0.3, 0.4) is 0 Å². The largest absolute Gasteiger partial charge is 0.469 e. The first-order valence-electron chi connectivity index (χ1n) is 13.3. The highest BCUT2D eigenvalue weighted by molar-refractivity contribution is 7.89. The Balaban J connectivity index is 1.43. The molecule has 0 spiro atoms. The van der Waals surface area contributed by atoms with Crippen molar-refractivity contribution >= 4 is 56.7 Å². The number of hydrogen-bond donors (Lipinski definition) is 0. The van der Waals surface area contributed by atoms with Crippen LogP contribution >= 0.6 is 23.2 Å². The average molecular weight is 642 g/mol. The second-order valence-corrected chi connectivity index (χ2v) is 13.3. The zero-order valence-corrected chi connectivity index (χ0v) is 25.5. The van der Waals surface area contributed by atoms with E-state index in [1.165, 1.54) is 33.4 Å². The van der Waals surface area contributed by atoms with Crippen LogP contribution < -0.4 is 4.90 Å². The van der Waals surface area contributed by atoms with Crippen molar-refractivity contribution in [1.82, 2.24) is 23.8 Å². The monoisotopic (exact) mass is 640 g/mol. The molecule has 14 heteroatoms. The predicted octanol–water partition coefficient (Wildman–Crippen LogP) is 4.61. The Hall–Kier alpha value is -3.84. The van der Waals surface area contributed by atoms with Gasteiger partial charge in [0.2, 0.25) is 5.95 Å². The van der Waals surface area contributed by atoms with E-state index in [4.69, 9.17) is 27.9 Å². The molecule has 2 aromatic heterocycles. The van der Waals surface area contributed by atoms with Gasteiger partial charge >= 0.3 is 5.97 Å². The molecule has 0 saturated carbocycles. The molecule has 0 bridgehead atoms. The number of amides is 1. The molecule has 0 aliphatic carbocycles. The first kappa shape index (κ1) is 29.2. The van der Waals surface area contributed by atoms with Crippen LogP contribution in [0.15, 0.2) is 72.4 Å². The van der Waals surface area contributed by atoms with Gasteiger partial charge in [0.1, 0.15) is 11.9 Å². The average Bonchev–Trinajstić information content (AvgIpc) is 3.49. The van der Waals surface area contributed by atoms with Crippen LogP contribution in [0, 0.1) is 0 Å². The highest BCUT2D eigenvalue weighted by atomic mass is 35.5. The Morgan fingerprint density at radius 1 is 1.05 bits per heavy atom. The summed E-state index contributed by atoms with van der Waals surface area (Å²) >= 11 is 12.6. The van der Waals surface area contributed by atoms with E-state index in [1.54, 1.807) is 37.5 Å². The molecule has 0 unspecified atom stereocenters. The molecule has 1 saturated heterocycles. The smallest absolute Gasteiger partial charge is 0.307 e. The maximum Gasteiger partial charge on any atom is 0.307 e. The normalized spacial score (nSPS) is 20.1. The number of ether oxygens (including phenoxy) is 1. The zero-order chi connectivity index (χ0) is 30.5. The minimum absolute atomic E-state index is 0.0706. The van der Waals surface area contributed by atoms with Crippen molar-refractivity contribution in [2.75, 3.05) is 18.6 Å². The number of esters is 1. The molecule has 4 aromatic rings. The molecule has 6 rings (SSSR count). The molecular formula is C29H26Cl2N6O5S. The fourth-order valence-electron chi connectivity index (χ4n) is 5.61. The lowest BCUT2D eigenvalue weighted by atomic mass is 9.91. The number of methoxy groups -OCH3 is 1. The molecule has 2 aromatic carbocycles. The summed E-state index contributed by atoms with van der Waals surface area (Å²) in [4.78, 5) is 40.2. The maximum atomic E-state index is 14.3. The van der Waals surface area contributed by atoms with E-state index in [0.29, 0.717) is 22.2 Å². The van der Waals surface area contributed by atoms with E-state index in [-0.39, 0.29) is 30.4 Å². The Morgan fingerprint density at radius 3 is 2.33 bits per heavy atom. The van der Waals surface area contributed by atoms with Gasteiger partial charge in [-0.1, -0.05) is 47.5 Å². The molecule has 2 aliphatic heterocycles. The second-order valence-electron chi connectivity index (χ2n) is 10.6. The van der Waals surface area contributed by atoms with Gasteiger partial charge in [0, 0.05) is 47.0 Å². The third-order valence-corrected chi connectivity index (χ3v) is 10.2.